The summed E-state index contributed by atoms with van der Waals surface area (Å²) >= 11 is 7.57. The number of halogens is 1. The minimum atomic E-state index is -0.378. The van der Waals surface area contributed by atoms with Crippen LogP contribution in [-0.4, -0.2) is 35.8 Å². The summed E-state index contributed by atoms with van der Waals surface area (Å²) in [5.41, 5.74) is 2.25. The van der Waals surface area contributed by atoms with Gasteiger partial charge in [-0.2, -0.15) is 0 Å². The first-order chi connectivity index (χ1) is 12.6. The van der Waals surface area contributed by atoms with Gasteiger partial charge in [-0.1, -0.05) is 23.4 Å². The fourth-order valence-electron chi connectivity index (χ4n) is 2.56. The molecule has 1 aromatic carbocycles. The number of fused-ring (bicyclic) bond motifs is 1. The van der Waals surface area contributed by atoms with Crippen molar-refractivity contribution in [3.63, 3.8) is 0 Å². The number of methoxy groups -OCH3 is 1. The second-order valence-electron chi connectivity index (χ2n) is 5.44. The highest BCUT2D eigenvalue weighted by atomic mass is 35.5. The molecule has 0 N–H and O–H groups in total. The number of benzene rings is 1. The number of hydrogen-bond donors (Lipinski definition) is 0. The minimum absolute atomic E-state index is 0.324. The summed E-state index contributed by atoms with van der Waals surface area (Å²) < 4.78 is 17.8. The lowest BCUT2D eigenvalue weighted by Crippen LogP contribution is -2.07. The Bertz CT molecular complexity index is 906. The van der Waals surface area contributed by atoms with Crippen LogP contribution in [0.25, 0.3) is 11.0 Å². The van der Waals surface area contributed by atoms with Crippen LogP contribution in [0.15, 0.2) is 40.1 Å². The van der Waals surface area contributed by atoms with E-state index in [-0.39, 0.29) is 5.97 Å². The summed E-state index contributed by atoms with van der Waals surface area (Å²) in [7, 11) is 1.66. The highest BCUT2D eigenvalue weighted by Gasteiger charge is 2.18. The largest absolute Gasteiger partial charge is 0.468 e. The quantitative estimate of drug-likeness (QED) is 0.416. The van der Waals surface area contributed by atoms with Crippen molar-refractivity contribution < 1.29 is 18.7 Å². The number of esters is 1. The van der Waals surface area contributed by atoms with Crippen molar-refractivity contribution in [2.75, 3.05) is 20.3 Å². The maximum atomic E-state index is 12.0. The zero-order chi connectivity index (χ0) is 18.5. The Morgan fingerprint density at radius 3 is 3.00 bits per heavy atom. The second-order valence-corrected chi connectivity index (χ2v) is 6.82. The van der Waals surface area contributed by atoms with Crippen LogP contribution in [0.1, 0.15) is 23.0 Å². The molecular formula is C18H19ClN2O4S. The number of rotatable bonds is 8. The van der Waals surface area contributed by atoms with Gasteiger partial charge in [-0.3, -0.25) is 0 Å². The van der Waals surface area contributed by atoms with Crippen molar-refractivity contribution in [3.05, 3.63) is 46.9 Å². The molecule has 0 radical (unpaired) electrons. The first-order valence-electron chi connectivity index (χ1n) is 8.15. The molecule has 0 aliphatic carbocycles. The third-order valence-corrected chi connectivity index (χ3v) is 4.98. The molecular weight excluding hydrogens is 376 g/mol. The molecule has 0 bridgehead atoms. The van der Waals surface area contributed by atoms with E-state index in [1.165, 1.54) is 18.0 Å². The first-order valence-corrected chi connectivity index (χ1v) is 9.51. The summed E-state index contributed by atoms with van der Waals surface area (Å²) in [6.45, 7) is 3.33. The van der Waals surface area contributed by atoms with E-state index in [0.717, 1.165) is 16.2 Å². The Morgan fingerprint density at radius 1 is 1.38 bits per heavy atom. The monoisotopic (exact) mass is 394 g/mol. The average molecular weight is 395 g/mol. The predicted molar refractivity (Wildman–Crippen MR) is 101 cm³/mol. The molecule has 2 aromatic heterocycles. The van der Waals surface area contributed by atoms with Crippen LogP contribution in [-0.2, 0) is 21.8 Å². The van der Waals surface area contributed by atoms with E-state index in [0.29, 0.717) is 41.9 Å². The lowest BCUT2D eigenvalue weighted by Gasteiger charge is -2.08. The molecule has 0 aliphatic heterocycles. The third-order valence-electron chi connectivity index (χ3n) is 3.77. The summed E-state index contributed by atoms with van der Waals surface area (Å²) in [5, 5.41) is 1.45. The van der Waals surface area contributed by atoms with Crippen molar-refractivity contribution >= 4 is 40.4 Å². The van der Waals surface area contributed by atoms with Crippen LogP contribution in [0, 0.1) is 0 Å². The van der Waals surface area contributed by atoms with Gasteiger partial charge in [0.25, 0.3) is 0 Å². The molecule has 3 rings (SSSR count). The summed E-state index contributed by atoms with van der Waals surface area (Å²) in [6.07, 6.45) is 1.50. The van der Waals surface area contributed by atoms with Gasteiger partial charge in [-0.25, -0.2) is 9.78 Å². The predicted octanol–water partition coefficient (Wildman–Crippen LogP) is 4.40. The normalized spacial score (nSPS) is 11.2. The zero-order valence-corrected chi connectivity index (χ0v) is 16.1. The van der Waals surface area contributed by atoms with Gasteiger partial charge in [0, 0.05) is 18.7 Å². The van der Waals surface area contributed by atoms with Crippen molar-refractivity contribution in [2.24, 2.45) is 0 Å². The Labute approximate surface area is 160 Å². The SMILES string of the molecule is CCOC(=O)c1ccoc1CSc1nc2cc(Cl)ccc2n1CCOC. The third kappa shape index (κ3) is 4.06. The summed E-state index contributed by atoms with van der Waals surface area (Å²) in [5.74, 6) is 0.652. The molecule has 0 spiro atoms. The maximum Gasteiger partial charge on any atom is 0.341 e. The van der Waals surface area contributed by atoms with Crippen LogP contribution < -0.4 is 0 Å². The number of carbonyl (C=O) groups excluding carboxylic acids is 1. The van der Waals surface area contributed by atoms with Gasteiger partial charge < -0.3 is 18.5 Å². The molecule has 2 heterocycles. The molecule has 0 fully saturated rings. The van der Waals surface area contributed by atoms with Crippen LogP contribution in [0.2, 0.25) is 5.02 Å². The molecule has 138 valence electrons. The fraction of sp³-hybridized carbons (Fsp3) is 0.333. The average Bonchev–Trinajstić information content (AvgIpc) is 3.22. The zero-order valence-electron chi connectivity index (χ0n) is 14.5. The van der Waals surface area contributed by atoms with E-state index < -0.39 is 0 Å². The molecule has 26 heavy (non-hydrogen) atoms. The Kier molecular flexibility index (Phi) is 6.24. The van der Waals surface area contributed by atoms with Crippen LogP contribution in [0.4, 0.5) is 0 Å². The van der Waals surface area contributed by atoms with Gasteiger partial charge in [-0.05, 0) is 31.2 Å². The molecule has 0 saturated carbocycles. The molecule has 8 heteroatoms. The highest BCUT2D eigenvalue weighted by molar-refractivity contribution is 7.98. The Balaban J connectivity index is 1.85. The molecule has 0 unspecified atom stereocenters. The minimum Gasteiger partial charge on any atom is -0.468 e. The van der Waals surface area contributed by atoms with Crippen molar-refractivity contribution in [1.82, 2.24) is 9.55 Å². The lowest BCUT2D eigenvalue weighted by atomic mass is 10.3. The molecule has 0 saturated heterocycles. The fourth-order valence-corrected chi connectivity index (χ4v) is 3.72. The van der Waals surface area contributed by atoms with Gasteiger partial charge in [0.15, 0.2) is 5.16 Å². The molecule has 0 aliphatic rings. The molecule has 6 nitrogen and oxygen atoms in total. The number of ether oxygens (including phenoxy) is 2. The molecule has 0 atom stereocenters. The smallest absolute Gasteiger partial charge is 0.341 e. The van der Waals surface area contributed by atoms with Gasteiger partial charge in [-0.15, -0.1) is 0 Å². The van der Waals surface area contributed by atoms with Crippen molar-refractivity contribution in [2.45, 2.75) is 24.4 Å². The number of imidazole rings is 1. The van der Waals surface area contributed by atoms with E-state index in [2.05, 4.69) is 9.55 Å². The van der Waals surface area contributed by atoms with Crippen LogP contribution >= 0.6 is 23.4 Å². The van der Waals surface area contributed by atoms with Crippen molar-refractivity contribution in [3.8, 4) is 0 Å². The maximum absolute atomic E-state index is 12.0. The molecule has 0 amide bonds. The van der Waals surface area contributed by atoms with E-state index in [4.69, 9.17) is 25.5 Å². The number of nitrogens with zero attached hydrogens (tertiary/aromatic N) is 2. The van der Waals surface area contributed by atoms with Crippen molar-refractivity contribution in [1.29, 1.82) is 0 Å². The Morgan fingerprint density at radius 2 is 2.23 bits per heavy atom. The molecule has 3 aromatic rings. The number of thioether (sulfide) groups is 1. The van der Waals surface area contributed by atoms with Gasteiger partial charge >= 0.3 is 5.97 Å². The number of hydrogen-bond acceptors (Lipinski definition) is 6. The number of carbonyl (C=O) groups is 1. The second kappa shape index (κ2) is 8.62. The van der Waals surface area contributed by atoms with Crippen LogP contribution in [0.3, 0.4) is 0 Å². The van der Waals surface area contributed by atoms with Gasteiger partial charge in [0.1, 0.15) is 11.3 Å². The summed E-state index contributed by atoms with van der Waals surface area (Å²) in [4.78, 5) is 16.6. The van der Waals surface area contributed by atoms with Gasteiger partial charge in [0.05, 0.1) is 36.3 Å². The number of furan rings is 1. The lowest BCUT2D eigenvalue weighted by molar-refractivity contribution is 0.0524. The van der Waals surface area contributed by atoms with E-state index >= 15 is 0 Å². The first kappa shape index (κ1) is 18.8. The standard InChI is InChI=1S/C18H19ClN2O4S/c1-3-24-17(22)13-6-8-25-16(13)11-26-18-20-14-10-12(19)4-5-15(14)21(18)7-9-23-2/h4-6,8,10H,3,7,9,11H2,1-2H3. The Hall–Kier alpha value is -1.96. The highest BCUT2D eigenvalue weighted by Crippen LogP contribution is 2.29. The van der Waals surface area contributed by atoms with E-state index in [1.54, 1.807) is 20.1 Å². The topological polar surface area (TPSA) is 66.5 Å². The van der Waals surface area contributed by atoms with Gasteiger partial charge in [0.2, 0.25) is 0 Å². The van der Waals surface area contributed by atoms with E-state index in [9.17, 15) is 4.79 Å². The van der Waals surface area contributed by atoms with E-state index in [1.807, 2.05) is 18.2 Å². The number of aromatic nitrogens is 2. The summed E-state index contributed by atoms with van der Waals surface area (Å²) in [6, 6.07) is 7.25. The van der Waals surface area contributed by atoms with Crippen LogP contribution in [0.5, 0.6) is 0 Å².